The van der Waals surface area contributed by atoms with Gasteiger partial charge in [0.2, 0.25) is 0 Å². The smallest absolute Gasteiger partial charge is 0.790 e. The second kappa shape index (κ2) is 16.5. The van der Waals surface area contributed by atoms with Crippen molar-refractivity contribution in [1.82, 2.24) is 0 Å². The van der Waals surface area contributed by atoms with Gasteiger partial charge in [-0.25, -0.2) is 0 Å². The van der Waals surface area contributed by atoms with Crippen LogP contribution in [0.2, 0.25) is 0 Å². The molecule has 0 aliphatic carbocycles. The molecule has 0 spiro atoms. The fourth-order valence-corrected chi connectivity index (χ4v) is 2.38. The Morgan fingerprint density at radius 2 is 1.37 bits per heavy atom. The molecule has 0 bridgehead atoms. The van der Waals surface area contributed by atoms with Crippen molar-refractivity contribution in [2.45, 2.75) is 77.7 Å². The summed E-state index contributed by atoms with van der Waals surface area (Å²) in [6.07, 6.45) is 9.78. The predicted molar refractivity (Wildman–Crippen MR) is 65.4 cm³/mol. The summed E-state index contributed by atoms with van der Waals surface area (Å²) in [7, 11) is -4.80. The second-order valence-electron chi connectivity index (χ2n) is 4.63. The number of hydrogen-bond donors (Lipinski definition) is 0. The first kappa shape index (κ1) is 26.0. The zero-order valence-corrected chi connectivity index (χ0v) is 17.9. The van der Waals surface area contributed by atoms with Gasteiger partial charge in [-0.05, 0) is 13.3 Å². The van der Waals surface area contributed by atoms with Crippen LogP contribution in [0, 0.1) is 0 Å². The van der Waals surface area contributed by atoms with Crippen molar-refractivity contribution in [3.63, 3.8) is 0 Å². The Bertz CT molecular complexity index is 224. The summed E-state index contributed by atoms with van der Waals surface area (Å²) in [5.74, 6) is 0. The molecule has 7 heteroatoms. The van der Waals surface area contributed by atoms with Crippen molar-refractivity contribution in [2.75, 3.05) is 0 Å². The standard InChI is InChI=1S/C12H27O4P.2Na/c1-3-4-5-6-7-8-9-10-11-12(2)16-17(13,14)15;;/h12H,3-11H2,1-2H3,(H2,13,14,15);;/q;2*+1/p-2. The summed E-state index contributed by atoms with van der Waals surface area (Å²) in [6.45, 7) is 3.83. The summed E-state index contributed by atoms with van der Waals surface area (Å²) < 4.78 is 14.7. The number of unbranched alkanes of at least 4 members (excludes halogenated alkanes) is 7. The Labute approximate surface area is 162 Å². The van der Waals surface area contributed by atoms with Crippen molar-refractivity contribution >= 4 is 7.82 Å². The second-order valence-corrected chi connectivity index (χ2v) is 5.73. The van der Waals surface area contributed by atoms with Crippen molar-refractivity contribution in [3.05, 3.63) is 0 Å². The van der Waals surface area contributed by atoms with Crippen LogP contribution in [-0.4, -0.2) is 6.10 Å². The number of rotatable bonds is 11. The summed E-state index contributed by atoms with van der Waals surface area (Å²) in [5.41, 5.74) is 0. The summed E-state index contributed by atoms with van der Waals surface area (Å²) in [6, 6.07) is 0. The van der Waals surface area contributed by atoms with Gasteiger partial charge in [-0.1, -0.05) is 58.3 Å². The molecule has 0 aliphatic rings. The van der Waals surface area contributed by atoms with E-state index >= 15 is 0 Å². The summed E-state index contributed by atoms with van der Waals surface area (Å²) in [4.78, 5) is 20.7. The van der Waals surface area contributed by atoms with Crippen LogP contribution >= 0.6 is 7.82 Å². The molecule has 0 aliphatic heterocycles. The molecular weight excluding hydrogens is 285 g/mol. The zero-order valence-electron chi connectivity index (χ0n) is 13.0. The van der Waals surface area contributed by atoms with Crippen LogP contribution in [0.4, 0.5) is 0 Å². The van der Waals surface area contributed by atoms with E-state index in [0.717, 1.165) is 12.8 Å². The summed E-state index contributed by atoms with van der Waals surface area (Å²) in [5, 5.41) is 0. The molecule has 0 rings (SSSR count). The Balaban J connectivity index is -0.00000128. The van der Waals surface area contributed by atoms with Gasteiger partial charge in [0.15, 0.2) is 0 Å². The first-order valence-corrected chi connectivity index (χ1v) is 8.12. The molecule has 0 heterocycles. The van der Waals surface area contributed by atoms with E-state index in [1.54, 1.807) is 6.92 Å². The Morgan fingerprint density at radius 1 is 0.947 bits per heavy atom. The van der Waals surface area contributed by atoms with Crippen LogP contribution < -0.4 is 68.9 Å². The number of hydrogen-bond acceptors (Lipinski definition) is 4. The molecule has 0 aromatic heterocycles. The third-order valence-corrected chi connectivity index (χ3v) is 3.39. The van der Waals surface area contributed by atoms with Gasteiger partial charge in [0.25, 0.3) is 0 Å². The molecule has 0 aromatic carbocycles. The Morgan fingerprint density at radius 3 is 1.79 bits per heavy atom. The fourth-order valence-electron chi connectivity index (χ4n) is 1.84. The van der Waals surface area contributed by atoms with Gasteiger partial charge in [0, 0.05) is 0 Å². The van der Waals surface area contributed by atoms with Crippen molar-refractivity contribution in [3.8, 4) is 0 Å². The van der Waals surface area contributed by atoms with E-state index in [2.05, 4.69) is 11.4 Å². The molecule has 1 atom stereocenters. The minimum atomic E-state index is -4.80. The maximum atomic E-state index is 10.3. The Kier molecular flexibility index (Phi) is 22.6. The van der Waals surface area contributed by atoms with E-state index in [-0.39, 0.29) is 59.1 Å². The molecule has 0 radical (unpaired) electrons. The van der Waals surface area contributed by atoms with Gasteiger partial charge in [0.1, 0.15) is 0 Å². The Hall–Kier alpha value is 2.11. The minimum Gasteiger partial charge on any atom is -0.790 e. The van der Waals surface area contributed by atoms with E-state index in [1.165, 1.54) is 38.5 Å². The molecule has 0 N–H and O–H groups in total. The number of phosphoric acid groups is 1. The molecule has 0 aromatic rings. The minimum absolute atomic E-state index is 0. The van der Waals surface area contributed by atoms with Gasteiger partial charge < -0.3 is 18.9 Å². The maximum Gasteiger partial charge on any atom is 1.00 e. The van der Waals surface area contributed by atoms with Crippen molar-refractivity contribution < 1.29 is 78.0 Å². The van der Waals surface area contributed by atoms with E-state index in [1.807, 2.05) is 0 Å². The maximum absolute atomic E-state index is 10.3. The van der Waals surface area contributed by atoms with Gasteiger partial charge >= 0.3 is 59.1 Å². The SMILES string of the molecule is CCCCCCCCCCC(C)OP(=O)([O-])[O-].[Na+].[Na+]. The molecule has 0 saturated carbocycles. The van der Waals surface area contributed by atoms with Gasteiger partial charge in [-0.3, -0.25) is 0 Å². The zero-order chi connectivity index (χ0) is 13.1. The molecule has 1 unspecified atom stereocenters. The fraction of sp³-hybridized carbons (Fsp3) is 1.00. The van der Waals surface area contributed by atoms with Crippen LogP contribution in [0.3, 0.4) is 0 Å². The van der Waals surface area contributed by atoms with Crippen molar-refractivity contribution in [2.24, 2.45) is 0 Å². The normalized spacial score (nSPS) is 12.4. The van der Waals surface area contributed by atoms with Gasteiger partial charge in [0.05, 0.1) is 13.9 Å². The van der Waals surface area contributed by atoms with E-state index in [4.69, 9.17) is 0 Å². The third-order valence-electron chi connectivity index (χ3n) is 2.77. The molecular formula is C12H25Na2O4P. The molecule has 4 nitrogen and oxygen atoms in total. The molecule has 19 heavy (non-hydrogen) atoms. The monoisotopic (exact) mass is 310 g/mol. The topological polar surface area (TPSA) is 72.4 Å². The van der Waals surface area contributed by atoms with E-state index < -0.39 is 13.9 Å². The van der Waals surface area contributed by atoms with E-state index in [9.17, 15) is 14.4 Å². The largest absolute Gasteiger partial charge is 1.00 e. The van der Waals surface area contributed by atoms with Crippen LogP contribution in [0.5, 0.6) is 0 Å². The van der Waals surface area contributed by atoms with E-state index in [0.29, 0.717) is 6.42 Å². The van der Waals surface area contributed by atoms with Crippen LogP contribution in [0.25, 0.3) is 0 Å². The quantitative estimate of drug-likeness (QED) is 0.228. The molecule has 0 saturated heterocycles. The first-order chi connectivity index (χ1) is 7.95. The van der Waals surface area contributed by atoms with Crippen LogP contribution in [-0.2, 0) is 9.09 Å². The van der Waals surface area contributed by atoms with Gasteiger partial charge in [-0.2, -0.15) is 0 Å². The van der Waals surface area contributed by atoms with Crippen molar-refractivity contribution in [1.29, 1.82) is 0 Å². The molecule has 0 amide bonds. The predicted octanol–water partition coefficient (Wildman–Crippen LogP) is -3.24. The summed E-state index contributed by atoms with van der Waals surface area (Å²) >= 11 is 0. The first-order valence-electron chi connectivity index (χ1n) is 6.66. The average molecular weight is 310 g/mol. The molecule has 104 valence electrons. The molecule has 0 fully saturated rings. The van der Waals surface area contributed by atoms with Crippen LogP contribution in [0.15, 0.2) is 0 Å². The average Bonchev–Trinajstić information content (AvgIpc) is 2.19. The van der Waals surface area contributed by atoms with Crippen LogP contribution in [0.1, 0.15) is 71.6 Å². The third kappa shape index (κ3) is 22.5. The van der Waals surface area contributed by atoms with Gasteiger partial charge in [-0.15, -0.1) is 0 Å². The number of phosphoric ester groups is 1.